The maximum Gasteiger partial charge on any atom is 0.231 e. The molecule has 7 nitrogen and oxygen atoms in total. The molecule has 0 spiro atoms. The number of aliphatic hydroxyl groups is 1. The third-order valence-corrected chi connectivity index (χ3v) is 4.28. The van der Waals surface area contributed by atoms with Crippen LogP contribution in [0.5, 0.6) is 34.5 Å². The van der Waals surface area contributed by atoms with E-state index in [1.807, 2.05) is 24.3 Å². The molecular weight excluding hydrogens is 352 g/mol. The Morgan fingerprint density at radius 3 is 2.04 bits per heavy atom. The van der Waals surface area contributed by atoms with Crippen LogP contribution in [0.25, 0.3) is 0 Å². The van der Waals surface area contributed by atoms with Gasteiger partial charge in [-0.15, -0.1) is 0 Å². The smallest absolute Gasteiger partial charge is 0.231 e. The summed E-state index contributed by atoms with van der Waals surface area (Å²) >= 11 is 0. The summed E-state index contributed by atoms with van der Waals surface area (Å²) in [5.74, 6) is 3.65. The molecular formula is C20H24O7. The summed E-state index contributed by atoms with van der Waals surface area (Å²) in [7, 11) is 4.77. The van der Waals surface area contributed by atoms with E-state index >= 15 is 0 Å². The molecule has 0 saturated carbocycles. The van der Waals surface area contributed by atoms with Gasteiger partial charge in [-0.05, 0) is 48.2 Å². The van der Waals surface area contributed by atoms with Gasteiger partial charge in [0.2, 0.25) is 18.3 Å². The first-order valence-corrected chi connectivity index (χ1v) is 8.65. The second kappa shape index (κ2) is 8.73. The number of hydrogen-bond donors (Lipinski definition) is 1. The Bertz CT molecular complexity index is 763. The molecule has 146 valence electrons. The molecule has 0 radical (unpaired) electrons. The van der Waals surface area contributed by atoms with Gasteiger partial charge >= 0.3 is 0 Å². The molecule has 0 amide bonds. The molecule has 0 saturated heterocycles. The number of methoxy groups -OCH3 is 3. The van der Waals surface area contributed by atoms with E-state index in [2.05, 4.69) is 0 Å². The minimum Gasteiger partial charge on any atom is -0.493 e. The van der Waals surface area contributed by atoms with Gasteiger partial charge in [0.15, 0.2) is 23.0 Å². The van der Waals surface area contributed by atoms with E-state index in [0.29, 0.717) is 34.5 Å². The van der Waals surface area contributed by atoms with Crippen LogP contribution < -0.4 is 28.4 Å². The Labute approximate surface area is 158 Å². The SMILES string of the molecule is COc1cc(CCc2cc(OC)c3c(c2)OCO3)cc(OC)c1OCCO. The minimum absolute atomic E-state index is 0.0833. The van der Waals surface area contributed by atoms with Gasteiger partial charge in [0.1, 0.15) is 6.61 Å². The second-order valence-electron chi connectivity index (χ2n) is 5.93. The molecule has 1 aliphatic heterocycles. The maximum atomic E-state index is 8.99. The van der Waals surface area contributed by atoms with E-state index in [4.69, 9.17) is 33.5 Å². The van der Waals surface area contributed by atoms with Crippen LogP contribution in [0.4, 0.5) is 0 Å². The molecule has 0 aromatic heterocycles. The van der Waals surface area contributed by atoms with Crippen molar-refractivity contribution in [2.75, 3.05) is 41.3 Å². The number of rotatable bonds is 9. The predicted molar refractivity (Wildman–Crippen MR) is 98.7 cm³/mol. The molecule has 27 heavy (non-hydrogen) atoms. The molecule has 0 aliphatic carbocycles. The van der Waals surface area contributed by atoms with Crippen LogP contribution in [0.2, 0.25) is 0 Å². The summed E-state index contributed by atoms with van der Waals surface area (Å²) in [4.78, 5) is 0. The third kappa shape index (κ3) is 4.14. The van der Waals surface area contributed by atoms with Crippen LogP contribution in [0, 0.1) is 0 Å². The fourth-order valence-corrected chi connectivity index (χ4v) is 2.99. The van der Waals surface area contributed by atoms with Gasteiger partial charge in [-0.3, -0.25) is 0 Å². The normalized spacial score (nSPS) is 12.0. The monoisotopic (exact) mass is 376 g/mol. The summed E-state index contributed by atoms with van der Waals surface area (Å²) in [5, 5.41) is 8.99. The van der Waals surface area contributed by atoms with Gasteiger partial charge < -0.3 is 33.5 Å². The van der Waals surface area contributed by atoms with Gasteiger partial charge in [0.05, 0.1) is 27.9 Å². The Morgan fingerprint density at radius 1 is 0.852 bits per heavy atom. The summed E-state index contributed by atoms with van der Waals surface area (Å²) in [6.07, 6.45) is 1.53. The topological polar surface area (TPSA) is 75.6 Å². The largest absolute Gasteiger partial charge is 0.493 e. The molecule has 0 bridgehead atoms. The predicted octanol–water partition coefficient (Wildman–Crippen LogP) is 2.60. The highest BCUT2D eigenvalue weighted by molar-refractivity contribution is 5.56. The van der Waals surface area contributed by atoms with E-state index in [-0.39, 0.29) is 20.0 Å². The standard InChI is InChI=1S/C20H24O7/c1-22-15-8-13(9-16(23-2)19(15)25-7-6-21)4-5-14-10-17(24-3)20-18(11-14)26-12-27-20/h8-11,21H,4-7,12H2,1-3H3. The van der Waals surface area contributed by atoms with Crippen LogP contribution in [-0.2, 0) is 12.8 Å². The van der Waals surface area contributed by atoms with E-state index in [9.17, 15) is 0 Å². The lowest BCUT2D eigenvalue weighted by Gasteiger charge is -2.16. The number of aryl methyl sites for hydroxylation is 2. The molecule has 1 heterocycles. The van der Waals surface area contributed by atoms with Crippen molar-refractivity contribution in [2.45, 2.75) is 12.8 Å². The van der Waals surface area contributed by atoms with Gasteiger partial charge in [-0.25, -0.2) is 0 Å². The number of aliphatic hydroxyl groups excluding tert-OH is 1. The summed E-state index contributed by atoms with van der Waals surface area (Å²) < 4.78 is 32.7. The third-order valence-electron chi connectivity index (χ3n) is 4.28. The van der Waals surface area contributed by atoms with E-state index in [1.165, 1.54) is 0 Å². The molecule has 0 fully saturated rings. The van der Waals surface area contributed by atoms with Crippen LogP contribution in [-0.4, -0.2) is 46.4 Å². The fraction of sp³-hybridized carbons (Fsp3) is 0.400. The lowest BCUT2D eigenvalue weighted by molar-refractivity contribution is 0.171. The number of hydrogen-bond acceptors (Lipinski definition) is 7. The molecule has 1 aliphatic rings. The Morgan fingerprint density at radius 2 is 1.44 bits per heavy atom. The number of benzene rings is 2. The molecule has 2 aromatic carbocycles. The van der Waals surface area contributed by atoms with Crippen LogP contribution in [0.1, 0.15) is 11.1 Å². The number of ether oxygens (including phenoxy) is 6. The summed E-state index contributed by atoms with van der Waals surface area (Å²) in [6.45, 7) is 0.294. The average Bonchev–Trinajstić information content (AvgIpc) is 3.18. The lowest BCUT2D eigenvalue weighted by Crippen LogP contribution is -2.05. The van der Waals surface area contributed by atoms with Crippen molar-refractivity contribution < 1.29 is 33.5 Å². The van der Waals surface area contributed by atoms with Gasteiger partial charge in [0, 0.05) is 0 Å². The number of fused-ring (bicyclic) bond motifs is 1. The van der Waals surface area contributed by atoms with Gasteiger partial charge in [0.25, 0.3) is 0 Å². The zero-order valence-corrected chi connectivity index (χ0v) is 15.7. The zero-order valence-electron chi connectivity index (χ0n) is 15.7. The molecule has 0 atom stereocenters. The highest BCUT2D eigenvalue weighted by atomic mass is 16.7. The first-order chi connectivity index (χ1) is 13.2. The van der Waals surface area contributed by atoms with E-state index in [1.54, 1.807) is 21.3 Å². The Balaban J connectivity index is 1.80. The first kappa shape index (κ1) is 19.0. The summed E-state index contributed by atoms with van der Waals surface area (Å²) in [6, 6.07) is 7.76. The minimum atomic E-state index is -0.0833. The molecule has 1 N–H and O–H groups in total. The van der Waals surface area contributed by atoms with Crippen molar-refractivity contribution in [3.63, 3.8) is 0 Å². The van der Waals surface area contributed by atoms with Crippen molar-refractivity contribution in [3.05, 3.63) is 35.4 Å². The van der Waals surface area contributed by atoms with Crippen molar-refractivity contribution in [1.29, 1.82) is 0 Å². The summed E-state index contributed by atoms with van der Waals surface area (Å²) in [5.41, 5.74) is 2.12. The molecule has 2 aromatic rings. The Hall–Kier alpha value is -2.80. The highest BCUT2D eigenvalue weighted by Crippen LogP contribution is 2.42. The van der Waals surface area contributed by atoms with Gasteiger partial charge in [-0.2, -0.15) is 0 Å². The van der Waals surface area contributed by atoms with Crippen molar-refractivity contribution in [1.82, 2.24) is 0 Å². The van der Waals surface area contributed by atoms with Crippen molar-refractivity contribution in [2.24, 2.45) is 0 Å². The van der Waals surface area contributed by atoms with Crippen LogP contribution in [0.15, 0.2) is 24.3 Å². The fourth-order valence-electron chi connectivity index (χ4n) is 2.99. The van der Waals surface area contributed by atoms with Crippen molar-refractivity contribution >= 4 is 0 Å². The molecule has 0 unspecified atom stereocenters. The average molecular weight is 376 g/mol. The zero-order chi connectivity index (χ0) is 19.2. The van der Waals surface area contributed by atoms with Gasteiger partial charge in [-0.1, -0.05) is 0 Å². The molecule has 3 rings (SSSR count). The quantitative estimate of drug-likeness (QED) is 0.721. The van der Waals surface area contributed by atoms with E-state index in [0.717, 1.165) is 24.0 Å². The van der Waals surface area contributed by atoms with Crippen molar-refractivity contribution in [3.8, 4) is 34.5 Å². The first-order valence-electron chi connectivity index (χ1n) is 8.65. The van der Waals surface area contributed by atoms with Crippen LogP contribution in [0.3, 0.4) is 0 Å². The lowest BCUT2D eigenvalue weighted by atomic mass is 10.0. The second-order valence-corrected chi connectivity index (χ2v) is 5.93. The maximum absolute atomic E-state index is 8.99. The van der Waals surface area contributed by atoms with Crippen LogP contribution >= 0.6 is 0 Å². The Kier molecular flexibility index (Phi) is 6.13. The highest BCUT2D eigenvalue weighted by Gasteiger charge is 2.20. The van der Waals surface area contributed by atoms with E-state index < -0.39 is 0 Å². The molecule has 7 heteroatoms.